The SMILES string of the molecule is COC(=O)c1ccc(OCC(N)=O)cc1OC. The molecule has 1 aromatic carbocycles. The fourth-order valence-electron chi connectivity index (χ4n) is 1.19. The van der Waals surface area contributed by atoms with Crippen molar-refractivity contribution < 1.29 is 23.8 Å². The number of carbonyl (C=O) groups excluding carboxylic acids is 2. The molecule has 2 N–H and O–H groups in total. The molecule has 0 saturated carbocycles. The first-order valence-corrected chi connectivity index (χ1v) is 4.76. The van der Waals surface area contributed by atoms with E-state index in [1.165, 1.54) is 32.4 Å². The minimum atomic E-state index is -0.582. The molecule has 0 saturated heterocycles. The first-order valence-electron chi connectivity index (χ1n) is 4.76. The summed E-state index contributed by atoms with van der Waals surface area (Å²) in [5.41, 5.74) is 5.22. The van der Waals surface area contributed by atoms with Crippen molar-refractivity contribution in [1.82, 2.24) is 0 Å². The molecule has 1 aromatic rings. The average molecular weight is 239 g/mol. The van der Waals surface area contributed by atoms with Gasteiger partial charge >= 0.3 is 5.97 Å². The zero-order chi connectivity index (χ0) is 12.8. The van der Waals surface area contributed by atoms with E-state index in [1.807, 2.05) is 0 Å². The molecule has 0 spiro atoms. The van der Waals surface area contributed by atoms with E-state index < -0.39 is 11.9 Å². The lowest BCUT2D eigenvalue weighted by atomic mass is 10.2. The van der Waals surface area contributed by atoms with Crippen LogP contribution in [0.15, 0.2) is 18.2 Å². The van der Waals surface area contributed by atoms with Crippen LogP contribution in [0.25, 0.3) is 0 Å². The number of nitrogens with two attached hydrogens (primary N) is 1. The molecule has 1 amide bonds. The van der Waals surface area contributed by atoms with Gasteiger partial charge in [0.05, 0.1) is 14.2 Å². The number of hydrogen-bond donors (Lipinski definition) is 1. The van der Waals surface area contributed by atoms with Crippen molar-refractivity contribution in [2.75, 3.05) is 20.8 Å². The number of carbonyl (C=O) groups is 2. The second-order valence-corrected chi connectivity index (χ2v) is 3.11. The van der Waals surface area contributed by atoms with E-state index in [4.69, 9.17) is 15.2 Å². The Bertz CT molecular complexity index is 430. The molecule has 6 nitrogen and oxygen atoms in total. The van der Waals surface area contributed by atoms with Crippen LogP contribution in [-0.4, -0.2) is 32.7 Å². The van der Waals surface area contributed by atoms with Gasteiger partial charge in [-0.3, -0.25) is 4.79 Å². The molecular formula is C11H13NO5. The summed E-state index contributed by atoms with van der Waals surface area (Å²) in [6, 6.07) is 4.49. The van der Waals surface area contributed by atoms with Crippen LogP contribution in [0.4, 0.5) is 0 Å². The number of hydrogen-bond acceptors (Lipinski definition) is 5. The van der Waals surface area contributed by atoms with Crippen LogP contribution in [-0.2, 0) is 9.53 Å². The van der Waals surface area contributed by atoms with Crippen molar-refractivity contribution in [2.45, 2.75) is 0 Å². The first-order chi connectivity index (χ1) is 8.08. The normalized spacial score (nSPS) is 9.53. The smallest absolute Gasteiger partial charge is 0.341 e. The van der Waals surface area contributed by atoms with Gasteiger partial charge in [-0.25, -0.2) is 4.79 Å². The van der Waals surface area contributed by atoms with Gasteiger partial charge in [-0.1, -0.05) is 0 Å². The molecule has 0 unspecified atom stereocenters. The van der Waals surface area contributed by atoms with Gasteiger partial charge in [0.1, 0.15) is 17.1 Å². The van der Waals surface area contributed by atoms with Crippen molar-refractivity contribution in [2.24, 2.45) is 5.73 Å². The molecule has 0 bridgehead atoms. The number of ether oxygens (including phenoxy) is 3. The molecular weight excluding hydrogens is 226 g/mol. The Labute approximate surface area is 98.3 Å². The molecule has 0 fully saturated rings. The van der Waals surface area contributed by atoms with Gasteiger partial charge in [0.2, 0.25) is 0 Å². The molecule has 0 aromatic heterocycles. The van der Waals surface area contributed by atoms with Crippen LogP contribution in [0.5, 0.6) is 11.5 Å². The maximum atomic E-state index is 11.4. The summed E-state index contributed by atoms with van der Waals surface area (Å²) < 4.78 is 14.7. The van der Waals surface area contributed by atoms with E-state index in [0.29, 0.717) is 11.5 Å². The fourth-order valence-corrected chi connectivity index (χ4v) is 1.19. The number of benzene rings is 1. The number of esters is 1. The standard InChI is InChI=1S/C11H13NO5/c1-15-9-5-7(17-6-10(12)13)3-4-8(9)11(14)16-2/h3-5H,6H2,1-2H3,(H2,12,13). The third-order valence-electron chi connectivity index (χ3n) is 1.96. The number of primary amides is 1. The van der Waals surface area contributed by atoms with E-state index in [1.54, 1.807) is 0 Å². The van der Waals surface area contributed by atoms with E-state index >= 15 is 0 Å². The van der Waals surface area contributed by atoms with Gasteiger partial charge in [-0.15, -0.1) is 0 Å². The second kappa shape index (κ2) is 5.74. The van der Waals surface area contributed by atoms with Gasteiger partial charge in [-0.2, -0.15) is 0 Å². The van der Waals surface area contributed by atoms with Crippen LogP contribution in [0.3, 0.4) is 0 Å². The molecule has 0 aliphatic carbocycles. The summed E-state index contributed by atoms with van der Waals surface area (Å²) >= 11 is 0. The summed E-state index contributed by atoms with van der Waals surface area (Å²) in [7, 11) is 2.69. The highest BCUT2D eigenvalue weighted by Crippen LogP contribution is 2.25. The Hall–Kier alpha value is -2.24. The molecule has 92 valence electrons. The fraction of sp³-hybridized carbons (Fsp3) is 0.273. The third kappa shape index (κ3) is 3.37. The van der Waals surface area contributed by atoms with Gasteiger partial charge in [-0.05, 0) is 12.1 Å². The topological polar surface area (TPSA) is 87.9 Å². The Morgan fingerprint density at radius 3 is 2.53 bits per heavy atom. The largest absolute Gasteiger partial charge is 0.496 e. The van der Waals surface area contributed by atoms with Crippen LogP contribution in [0.1, 0.15) is 10.4 Å². The Balaban J connectivity index is 2.92. The molecule has 1 rings (SSSR count). The lowest BCUT2D eigenvalue weighted by Gasteiger charge is -2.09. The van der Waals surface area contributed by atoms with Crippen LogP contribution in [0.2, 0.25) is 0 Å². The Kier molecular flexibility index (Phi) is 4.33. The van der Waals surface area contributed by atoms with Crippen LogP contribution >= 0.6 is 0 Å². The lowest BCUT2D eigenvalue weighted by Crippen LogP contribution is -2.20. The molecule has 0 aliphatic heterocycles. The van der Waals surface area contributed by atoms with Gasteiger partial charge < -0.3 is 19.9 Å². The highest BCUT2D eigenvalue weighted by Gasteiger charge is 2.13. The predicted molar refractivity (Wildman–Crippen MR) is 59.0 cm³/mol. The Morgan fingerprint density at radius 2 is 2.00 bits per heavy atom. The molecule has 0 heterocycles. The highest BCUT2D eigenvalue weighted by molar-refractivity contribution is 5.92. The predicted octanol–water partition coefficient (Wildman–Crippen LogP) is 0.346. The van der Waals surface area contributed by atoms with Gasteiger partial charge in [0, 0.05) is 6.07 Å². The summed E-state index contributed by atoms with van der Waals surface area (Å²) in [4.78, 5) is 21.9. The van der Waals surface area contributed by atoms with E-state index in [2.05, 4.69) is 4.74 Å². The first kappa shape index (κ1) is 12.8. The Morgan fingerprint density at radius 1 is 1.29 bits per heavy atom. The monoisotopic (exact) mass is 239 g/mol. The van der Waals surface area contributed by atoms with Crippen molar-refractivity contribution in [3.63, 3.8) is 0 Å². The molecule has 17 heavy (non-hydrogen) atoms. The van der Waals surface area contributed by atoms with Gasteiger partial charge in [0.25, 0.3) is 5.91 Å². The quantitative estimate of drug-likeness (QED) is 0.749. The van der Waals surface area contributed by atoms with Crippen LogP contribution < -0.4 is 15.2 Å². The summed E-state index contributed by atoms with van der Waals surface area (Å²) in [5, 5.41) is 0. The van der Waals surface area contributed by atoms with E-state index in [9.17, 15) is 9.59 Å². The van der Waals surface area contributed by atoms with Crippen molar-refractivity contribution in [3.8, 4) is 11.5 Å². The molecule has 0 aliphatic rings. The third-order valence-corrected chi connectivity index (χ3v) is 1.96. The summed E-state index contributed by atoms with van der Waals surface area (Å²) in [6.07, 6.45) is 0. The minimum Gasteiger partial charge on any atom is -0.496 e. The average Bonchev–Trinajstić information content (AvgIpc) is 2.34. The maximum Gasteiger partial charge on any atom is 0.341 e. The summed E-state index contributed by atoms with van der Waals surface area (Å²) in [6.45, 7) is -0.235. The van der Waals surface area contributed by atoms with Crippen molar-refractivity contribution in [3.05, 3.63) is 23.8 Å². The highest BCUT2D eigenvalue weighted by atomic mass is 16.5. The van der Waals surface area contributed by atoms with Crippen molar-refractivity contribution in [1.29, 1.82) is 0 Å². The molecule has 0 radical (unpaired) electrons. The van der Waals surface area contributed by atoms with Crippen molar-refractivity contribution >= 4 is 11.9 Å². The minimum absolute atomic E-state index is 0.235. The van der Waals surface area contributed by atoms with E-state index in [0.717, 1.165) is 0 Å². The summed E-state index contributed by atoms with van der Waals surface area (Å²) in [5.74, 6) is -0.406. The van der Waals surface area contributed by atoms with Gasteiger partial charge in [0.15, 0.2) is 6.61 Å². The zero-order valence-corrected chi connectivity index (χ0v) is 9.56. The second-order valence-electron chi connectivity index (χ2n) is 3.11. The molecule has 0 atom stereocenters. The number of methoxy groups -OCH3 is 2. The number of rotatable bonds is 5. The lowest BCUT2D eigenvalue weighted by molar-refractivity contribution is -0.119. The number of amides is 1. The molecule has 6 heteroatoms. The zero-order valence-electron chi connectivity index (χ0n) is 9.56. The van der Waals surface area contributed by atoms with Crippen LogP contribution in [0, 0.1) is 0 Å². The maximum absolute atomic E-state index is 11.4. The van der Waals surface area contributed by atoms with E-state index in [-0.39, 0.29) is 12.2 Å².